The van der Waals surface area contributed by atoms with Gasteiger partial charge in [-0.25, -0.2) is 0 Å². The molecule has 0 radical (unpaired) electrons. The van der Waals surface area contributed by atoms with Gasteiger partial charge in [0, 0.05) is 19.2 Å². The zero-order valence-corrected chi connectivity index (χ0v) is 11.0. The molecule has 1 atom stereocenters. The molecule has 3 heteroatoms. The fraction of sp³-hybridized carbons (Fsp3) is 0.250. The first-order valence-electron chi connectivity index (χ1n) is 6.53. The van der Waals surface area contributed by atoms with Gasteiger partial charge in [-0.2, -0.15) is 0 Å². The van der Waals surface area contributed by atoms with Crippen LogP contribution >= 0.6 is 0 Å². The fourth-order valence-corrected chi connectivity index (χ4v) is 2.54. The van der Waals surface area contributed by atoms with Crippen molar-refractivity contribution in [3.05, 3.63) is 54.1 Å². The van der Waals surface area contributed by atoms with Crippen molar-refractivity contribution < 1.29 is 4.74 Å². The summed E-state index contributed by atoms with van der Waals surface area (Å²) in [4.78, 5) is 2.21. The van der Waals surface area contributed by atoms with Crippen molar-refractivity contribution in [1.82, 2.24) is 0 Å². The molecule has 98 valence electrons. The second kappa shape index (κ2) is 4.84. The Balaban J connectivity index is 1.80. The molecule has 0 aromatic heterocycles. The number of anilines is 2. The number of nitrogens with zero attached hydrogens (tertiary/aromatic N) is 1. The monoisotopic (exact) mass is 254 g/mol. The quantitative estimate of drug-likeness (QED) is 0.837. The maximum atomic E-state index is 6.06. The van der Waals surface area contributed by atoms with Crippen LogP contribution in [0.15, 0.2) is 48.5 Å². The Kier molecular flexibility index (Phi) is 3.03. The van der Waals surface area contributed by atoms with Gasteiger partial charge in [0.05, 0.1) is 12.2 Å². The first-order valence-corrected chi connectivity index (χ1v) is 6.53. The molecule has 0 amide bonds. The van der Waals surface area contributed by atoms with Gasteiger partial charge in [0.2, 0.25) is 0 Å². The highest BCUT2D eigenvalue weighted by atomic mass is 16.5. The van der Waals surface area contributed by atoms with E-state index in [1.54, 1.807) is 0 Å². The molecule has 0 bridgehead atoms. The molecule has 2 aromatic carbocycles. The van der Waals surface area contributed by atoms with Crippen molar-refractivity contribution in [2.24, 2.45) is 0 Å². The third kappa shape index (κ3) is 2.50. The standard InChI is InChI=1S/C16H18N2O/c1-18-11-14(9-12-5-3-2-4-6-12)19-16-8-7-13(17)10-15(16)18/h2-8,10,14H,9,11,17H2,1H3. The van der Waals surface area contributed by atoms with Crippen LogP contribution in [0.4, 0.5) is 11.4 Å². The molecular formula is C16H18N2O. The van der Waals surface area contributed by atoms with Crippen LogP contribution in [0.5, 0.6) is 5.75 Å². The van der Waals surface area contributed by atoms with E-state index in [1.165, 1.54) is 5.56 Å². The zero-order valence-electron chi connectivity index (χ0n) is 11.0. The number of nitrogens with two attached hydrogens (primary N) is 1. The summed E-state index contributed by atoms with van der Waals surface area (Å²) in [5.74, 6) is 0.920. The Hall–Kier alpha value is -2.16. The van der Waals surface area contributed by atoms with E-state index < -0.39 is 0 Å². The summed E-state index contributed by atoms with van der Waals surface area (Å²) in [5.41, 5.74) is 8.97. The van der Waals surface area contributed by atoms with E-state index >= 15 is 0 Å². The van der Waals surface area contributed by atoms with Crippen molar-refractivity contribution in [2.75, 3.05) is 24.2 Å². The van der Waals surface area contributed by atoms with Gasteiger partial charge >= 0.3 is 0 Å². The topological polar surface area (TPSA) is 38.5 Å². The first kappa shape index (κ1) is 11.9. The number of rotatable bonds is 2. The highest BCUT2D eigenvalue weighted by Gasteiger charge is 2.23. The van der Waals surface area contributed by atoms with E-state index in [0.29, 0.717) is 0 Å². The molecule has 2 aromatic rings. The summed E-state index contributed by atoms with van der Waals surface area (Å²) < 4.78 is 6.06. The van der Waals surface area contributed by atoms with E-state index in [-0.39, 0.29) is 6.10 Å². The highest BCUT2D eigenvalue weighted by Crippen LogP contribution is 2.34. The summed E-state index contributed by atoms with van der Waals surface area (Å²) >= 11 is 0. The SMILES string of the molecule is CN1CC(Cc2ccccc2)Oc2ccc(N)cc21. The molecule has 0 saturated heterocycles. The van der Waals surface area contributed by atoms with Gasteiger partial charge < -0.3 is 15.4 Å². The van der Waals surface area contributed by atoms with Crippen LogP contribution in [0.1, 0.15) is 5.56 Å². The van der Waals surface area contributed by atoms with E-state index in [2.05, 4.69) is 36.2 Å². The normalized spacial score (nSPS) is 17.7. The summed E-state index contributed by atoms with van der Waals surface area (Å²) in [7, 11) is 2.08. The Labute approximate surface area is 113 Å². The molecule has 1 aliphatic rings. The Morgan fingerprint density at radius 1 is 1.21 bits per heavy atom. The molecule has 0 spiro atoms. The largest absolute Gasteiger partial charge is 0.486 e. The number of ether oxygens (including phenoxy) is 1. The van der Waals surface area contributed by atoms with Crippen LogP contribution in [0.3, 0.4) is 0 Å². The average Bonchev–Trinajstić information content (AvgIpc) is 2.41. The second-order valence-electron chi connectivity index (χ2n) is 5.04. The number of likely N-dealkylation sites (N-methyl/N-ethyl adjacent to an activating group) is 1. The summed E-state index contributed by atoms with van der Waals surface area (Å²) in [6.45, 7) is 0.880. The van der Waals surface area contributed by atoms with Gasteiger partial charge in [-0.3, -0.25) is 0 Å². The average molecular weight is 254 g/mol. The smallest absolute Gasteiger partial charge is 0.143 e. The number of hydrogen-bond acceptors (Lipinski definition) is 3. The van der Waals surface area contributed by atoms with E-state index in [9.17, 15) is 0 Å². The van der Waals surface area contributed by atoms with Gasteiger partial charge in [0.15, 0.2) is 0 Å². The highest BCUT2D eigenvalue weighted by molar-refractivity contribution is 5.65. The minimum absolute atomic E-state index is 0.184. The lowest BCUT2D eigenvalue weighted by Crippen LogP contribution is -2.39. The van der Waals surface area contributed by atoms with Crippen molar-refractivity contribution in [2.45, 2.75) is 12.5 Å². The maximum absolute atomic E-state index is 6.06. The first-order chi connectivity index (χ1) is 9.22. The molecule has 3 rings (SSSR count). The van der Waals surface area contributed by atoms with Gasteiger partial charge in [-0.1, -0.05) is 30.3 Å². The van der Waals surface area contributed by atoms with Crippen LogP contribution in [-0.2, 0) is 6.42 Å². The number of benzene rings is 2. The lowest BCUT2D eigenvalue weighted by molar-refractivity contribution is 0.196. The number of hydrogen-bond donors (Lipinski definition) is 1. The Morgan fingerprint density at radius 3 is 2.79 bits per heavy atom. The fourth-order valence-electron chi connectivity index (χ4n) is 2.54. The molecular weight excluding hydrogens is 236 g/mol. The molecule has 0 saturated carbocycles. The van der Waals surface area contributed by atoms with Crippen LogP contribution in [0, 0.1) is 0 Å². The number of nitrogen functional groups attached to an aromatic ring is 1. The van der Waals surface area contributed by atoms with Crippen LogP contribution < -0.4 is 15.4 Å². The minimum atomic E-state index is 0.184. The van der Waals surface area contributed by atoms with Crippen molar-refractivity contribution in [3.8, 4) is 5.75 Å². The predicted molar refractivity (Wildman–Crippen MR) is 78.7 cm³/mol. The molecule has 1 unspecified atom stereocenters. The third-order valence-electron chi connectivity index (χ3n) is 3.47. The maximum Gasteiger partial charge on any atom is 0.143 e. The van der Waals surface area contributed by atoms with Gasteiger partial charge in [-0.15, -0.1) is 0 Å². The molecule has 19 heavy (non-hydrogen) atoms. The molecule has 0 fully saturated rings. The van der Waals surface area contributed by atoms with Gasteiger partial charge in [0.1, 0.15) is 11.9 Å². The Morgan fingerprint density at radius 2 is 2.00 bits per heavy atom. The summed E-state index contributed by atoms with van der Waals surface area (Å²) in [5, 5.41) is 0. The summed E-state index contributed by atoms with van der Waals surface area (Å²) in [6, 6.07) is 16.3. The van der Waals surface area contributed by atoms with Gasteiger partial charge in [0.25, 0.3) is 0 Å². The van der Waals surface area contributed by atoms with E-state index in [4.69, 9.17) is 10.5 Å². The van der Waals surface area contributed by atoms with Crippen LogP contribution in [0.2, 0.25) is 0 Å². The molecule has 1 aliphatic heterocycles. The predicted octanol–water partition coefficient (Wildman–Crippen LogP) is 2.71. The third-order valence-corrected chi connectivity index (χ3v) is 3.47. The zero-order chi connectivity index (χ0) is 13.2. The van der Waals surface area contributed by atoms with Crippen molar-refractivity contribution in [1.29, 1.82) is 0 Å². The van der Waals surface area contributed by atoms with E-state index in [0.717, 1.165) is 30.1 Å². The second-order valence-corrected chi connectivity index (χ2v) is 5.04. The molecule has 3 nitrogen and oxygen atoms in total. The summed E-state index contributed by atoms with van der Waals surface area (Å²) in [6.07, 6.45) is 1.11. The molecule has 2 N–H and O–H groups in total. The van der Waals surface area contributed by atoms with Crippen molar-refractivity contribution >= 4 is 11.4 Å². The van der Waals surface area contributed by atoms with Crippen LogP contribution in [0.25, 0.3) is 0 Å². The van der Waals surface area contributed by atoms with Crippen LogP contribution in [-0.4, -0.2) is 19.7 Å². The minimum Gasteiger partial charge on any atom is -0.486 e. The lowest BCUT2D eigenvalue weighted by atomic mass is 10.1. The lowest BCUT2D eigenvalue weighted by Gasteiger charge is -2.34. The Bertz CT molecular complexity index is 568. The van der Waals surface area contributed by atoms with Gasteiger partial charge in [-0.05, 0) is 23.8 Å². The number of fused-ring (bicyclic) bond motifs is 1. The van der Waals surface area contributed by atoms with E-state index in [1.807, 2.05) is 24.3 Å². The molecule has 0 aliphatic carbocycles. The molecule has 1 heterocycles. The van der Waals surface area contributed by atoms with Crippen molar-refractivity contribution in [3.63, 3.8) is 0 Å².